The summed E-state index contributed by atoms with van der Waals surface area (Å²) in [7, 11) is 1.27. The van der Waals surface area contributed by atoms with Gasteiger partial charge in [0.25, 0.3) is 0 Å². The van der Waals surface area contributed by atoms with Crippen molar-refractivity contribution >= 4 is 22.6 Å². The molecule has 1 N–H and O–H groups in total. The van der Waals surface area contributed by atoms with Gasteiger partial charge in [0.15, 0.2) is 0 Å². The topological polar surface area (TPSA) is 51.5 Å². The van der Waals surface area contributed by atoms with Crippen LogP contribution in [0.15, 0.2) is 30.8 Å². The average molecular weight is 231 g/mol. The van der Waals surface area contributed by atoms with E-state index in [4.69, 9.17) is 0 Å². The fourth-order valence-electron chi connectivity index (χ4n) is 1.92. The van der Waals surface area contributed by atoms with Crippen molar-refractivity contribution in [1.82, 2.24) is 4.57 Å². The third-order valence-corrected chi connectivity index (χ3v) is 2.63. The molecule has 0 radical (unpaired) electrons. The van der Waals surface area contributed by atoms with Crippen molar-refractivity contribution in [2.45, 2.75) is 6.92 Å². The zero-order chi connectivity index (χ0) is 12.6. The molecule has 4 nitrogen and oxygen atoms in total. The smallest absolute Gasteiger partial charge is 0.421 e. The van der Waals surface area contributed by atoms with E-state index >= 15 is 0 Å². The molecule has 0 aliphatic rings. The van der Waals surface area contributed by atoms with Gasteiger partial charge >= 0.3 is 6.09 Å². The third kappa shape index (κ3) is 1.58. The number of fused-ring (bicyclic) bond motifs is 1. The number of nitrogens with zero attached hydrogens (tertiary/aromatic N) is 1. The monoisotopic (exact) mass is 231 g/mol. The van der Waals surface area contributed by atoms with E-state index in [1.165, 1.54) is 7.11 Å². The molecule has 0 saturated carbocycles. The van der Waals surface area contributed by atoms with Crippen LogP contribution >= 0.6 is 0 Å². The molecule has 0 aliphatic heterocycles. The van der Waals surface area contributed by atoms with Crippen molar-refractivity contribution in [2.24, 2.45) is 0 Å². The van der Waals surface area contributed by atoms with Crippen molar-refractivity contribution in [3.8, 4) is 5.88 Å². The number of allylic oxidation sites excluding steroid dienone is 1. The summed E-state index contributed by atoms with van der Waals surface area (Å²) in [6, 6.07) is 7.22. The van der Waals surface area contributed by atoms with Crippen LogP contribution in [0.4, 0.5) is 4.79 Å². The summed E-state index contributed by atoms with van der Waals surface area (Å²) in [5.41, 5.74) is 1.88. The van der Waals surface area contributed by atoms with E-state index < -0.39 is 6.09 Å². The van der Waals surface area contributed by atoms with Gasteiger partial charge < -0.3 is 9.84 Å². The van der Waals surface area contributed by atoms with Crippen molar-refractivity contribution in [1.29, 1.82) is 0 Å². The first kappa shape index (κ1) is 11.3. The first-order valence-electron chi connectivity index (χ1n) is 5.14. The minimum atomic E-state index is -0.619. The second-order valence-corrected chi connectivity index (χ2v) is 3.80. The molecule has 0 saturated heterocycles. The van der Waals surface area contributed by atoms with Crippen LogP contribution in [-0.4, -0.2) is 22.9 Å². The normalized spacial score (nSPS) is 10.5. The van der Waals surface area contributed by atoms with Gasteiger partial charge in [-0.15, -0.1) is 0 Å². The van der Waals surface area contributed by atoms with Gasteiger partial charge in [0, 0.05) is 10.9 Å². The van der Waals surface area contributed by atoms with Gasteiger partial charge in [-0.05, 0) is 18.6 Å². The Kier molecular flexibility index (Phi) is 2.63. The van der Waals surface area contributed by atoms with E-state index in [1.54, 1.807) is 19.1 Å². The Bertz CT molecular complexity index is 610. The number of para-hydroxylation sites is 1. The SMILES string of the molecule is C=C(C)c1c(O)n(C(=O)OC)c2ccccc12. The van der Waals surface area contributed by atoms with Gasteiger partial charge in [-0.3, -0.25) is 0 Å². The Labute approximate surface area is 98.7 Å². The number of aromatic nitrogens is 1. The van der Waals surface area contributed by atoms with E-state index in [-0.39, 0.29) is 5.88 Å². The van der Waals surface area contributed by atoms with Gasteiger partial charge in [0.05, 0.1) is 12.6 Å². The van der Waals surface area contributed by atoms with Crippen LogP contribution in [0.3, 0.4) is 0 Å². The van der Waals surface area contributed by atoms with Crippen molar-refractivity contribution < 1.29 is 14.6 Å². The molecule has 2 rings (SSSR count). The second kappa shape index (κ2) is 3.97. The summed E-state index contributed by atoms with van der Waals surface area (Å²) in [6.45, 7) is 5.59. The lowest BCUT2D eigenvalue weighted by molar-refractivity contribution is 0.171. The van der Waals surface area contributed by atoms with E-state index in [1.807, 2.05) is 12.1 Å². The maximum atomic E-state index is 11.6. The molecule has 0 atom stereocenters. The lowest BCUT2D eigenvalue weighted by atomic mass is 10.1. The molecule has 1 aromatic carbocycles. The molecule has 1 heterocycles. The molecular weight excluding hydrogens is 218 g/mol. The highest BCUT2D eigenvalue weighted by molar-refractivity contribution is 6.00. The van der Waals surface area contributed by atoms with Crippen LogP contribution in [0.2, 0.25) is 0 Å². The fourth-order valence-corrected chi connectivity index (χ4v) is 1.92. The number of methoxy groups -OCH3 is 1. The predicted octanol–water partition coefficient (Wildman–Crippen LogP) is 2.99. The first-order chi connectivity index (χ1) is 8.07. The lowest BCUT2D eigenvalue weighted by Crippen LogP contribution is -2.10. The van der Waals surface area contributed by atoms with Gasteiger partial charge in [-0.2, -0.15) is 0 Å². The Morgan fingerprint density at radius 1 is 1.41 bits per heavy atom. The van der Waals surface area contributed by atoms with E-state index in [0.717, 1.165) is 9.95 Å². The fraction of sp³-hybridized carbons (Fsp3) is 0.154. The number of carbonyl (C=O) groups is 1. The summed E-state index contributed by atoms with van der Waals surface area (Å²) >= 11 is 0. The number of rotatable bonds is 1. The average Bonchev–Trinajstić information content (AvgIpc) is 2.60. The second-order valence-electron chi connectivity index (χ2n) is 3.80. The number of benzene rings is 1. The predicted molar refractivity (Wildman–Crippen MR) is 66.1 cm³/mol. The zero-order valence-electron chi connectivity index (χ0n) is 9.73. The van der Waals surface area contributed by atoms with Crippen molar-refractivity contribution in [3.05, 3.63) is 36.4 Å². The molecule has 0 fully saturated rings. The number of ether oxygens (including phenoxy) is 1. The van der Waals surface area contributed by atoms with Crippen molar-refractivity contribution in [3.63, 3.8) is 0 Å². The van der Waals surface area contributed by atoms with Gasteiger partial charge in [-0.1, -0.05) is 24.8 Å². The minimum Gasteiger partial charge on any atom is -0.494 e. The van der Waals surface area contributed by atoms with Crippen LogP contribution in [-0.2, 0) is 4.74 Å². The molecule has 0 bridgehead atoms. The van der Waals surface area contributed by atoms with Gasteiger partial charge in [-0.25, -0.2) is 9.36 Å². The van der Waals surface area contributed by atoms with Crippen LogP contribution in [0.1, 0.15) is 12.5 Å². The highest BCUT2D eigenvalue weighted by Gasteiger charge is 2.21. The molecule has 88 valence electrons. The van der Waals surface area contributed by atoms with Crippen LogP contribution < -0.4 is 0 Å². The Morgan fingerprint density at radius 3 is 2.65 bits per heavy atom. The summed E-state index contributed by atoms with van der Waals surface area (Å²) in [5.74, 6) is -0.134. The van der Waals surface area contributed by atoms with Crippen LogP contribution in [0.25, 0.3) is 16.5 Å². The summed E-state index contributed by atoms with van der Waals surface area (Å²) in [5, 5.41) is 10.9. The number of hydrogen-bond donors (Lipinski definition) is 1. The summed E-state index contributed by atoms with van der Waals surface area (Å²) in [6.07, 6.45) is -0.619. The van der Waals surface area contributed by atoms with E-state index in [9.17, 15) is 9.90 Å². The standard InChI is InChI=1S/C13H13NO3/c1-8(2)11-9-6-4-5-7-10(9)14(12(11)15)13(16)17-3/h4-7,15H,1H2,2-3H3. The number of aromatic hydroxyl groups is 1. The highest BCUT2D eigenvalue weighted by Crippen LogP contribution is 2.35. The Balaban J connectivity index is 2.89. The summed E-state index contributed by atoms with van der Waals surface area (Å²) < 4.78 is 5.79. The zero-order valence-corrected chi connectivity index (χ0v) is 9.73. The van der Waals surface area contributed by atoms with E-state index in [2.05, 4.69) is 11.3 Å². The Hall–Kier alpha value is -2.23. The highest BCUT2D eigenvalue weighted by atomic mass is 16.5. The molecule has 17 heavy (non-hydrogen) atoms. The van der Waals surface area contributed by atoms with Gasteiger partial charge in [0.2, 0.25) is 5.88 Å². The minimum absolute atomic E-state index is 0.134. The van der Waals surface area contributed by atoms with Crippen LogP contribution in [0, 0.1) is 0 Å². The number of carbonyl (C=O) groups excluding carboxylic acids is 1. The molecule has 0 unspecified atom stereocenters. The lowest BCUT2D eigenvalue weighted by Gasteiger charge is -2.03. The van der Waals surface area contributed by atoms with Gasteiger partial charge in [0.1, 0.15) is 0 Å². The molecule has 0 amide bonds. The first-order valence-corrected chi connectivity index (χ1v) is 5.14. The molecule has 2 aromatic rings. The largest absolute Gasteiger partial charge is 0.494 e. The Morgan fingerprint density at radius 2 is 2.06 bits per heavy atom. The van der Waals surface area contributed by atoms with E-state index in [0.29, 0.717) is 16.7 Å². The van der Waals surface area contributed by atoms with Crippen molar-refractivity contribution in [2.75, 3.05) is 7.11 Å². The molecular formula is C13H13NO3. The quantitative estimate of drug-likeness (QED) is 0.820. The molecule has 1 aromatic heterocycles. The molecule has 0 aliphatic carbocycles. The van der Waals surface area contributed by atoms with Crippen LogP contribution in [0.5, 0.6) is 5.88 Å². The summed E-state index contributed by atoms with van der Waals surface area (Å²) in [4.78, 5) is 11.6. The third-order valence-electron chi connectivity index (χ3n) is 2.63. The maximum Gasteiger partial charge on any atom is 0.421 e. The number of hydrogen-bond acceptors (Lipinski definition) is 3. The maximum absolute atomic E-state index is 11.6. The molecule has 0 spiro atoms. The molecule has 4 heteroatoms.